The monoisotopic (exact) mass is 519 g/mol. The number of carbonyl (C=O) groups excluding carboxylic acids is 1. The van der Waals surface area contributed by atoms with Crippen LogP contribution in [0.25, 0.3) is 16.7 Å². The Bertz CT molecular complexity index is 1540. The predicted molar refractivity (Wildman–Crippen MR) is 132 cm³/mol. The number of hydrogen-bond acceptors (Lipinski definition) is 6. The fourth-order valence-electron chi connectivity index (χ4n) is 3.68. The number of carbonyl (C=O) groups is 1. The van der Waals surface area contributed by atoms with Crippen LogP contribution < -0.4 is 14.8 Å². The van der Waals surface area contributed by atoms with E-state index in [-0.39, 0.29) is 18.3 Å². The average Bonchev–Trinajstić information content (AvgIpc) is 3.35. The van der Waals surface area contributed by atoms with E-state index in [1.807, 2.05) is 12.1 Å². The van der Waals surface area contributed by atoms with Gasteiger partial charge in [-0.3, -0.25) is 9.78 Å². The molecule has 5 aromatic rings. The highest BCUT2D eigenvalue weighted by Crippen LogP contribution is 2.24. The maximum Gasteiger partial charge on any atom is 0.573 e. The lowest BCUT2D eigenvalue weighted by molar-refractivity contribution is -0.274. The molecule has 1 amide bonds. The van der Waals surface area contributed by atoms with Crippen LogP contribution in [0.5, 0.6) is 11.5 Å². The third-order valence-corrected chi connectivity index (χ3v) is 5.53. The van der Waals surface area contributed by atoms with E-state index in [0.29, 0.717) is 28.9 Å². The van der Waals surface area contributed by atoms with Gasteiger partial charge in [-0.15, -0.1) is 18.3 Å². The molecule has 0 radical (unpaired) electrons. The SMILES string of the molecule is O=C(NCc1cccnc1)c1ccc2c(c1)nnn2-c1ccc(OCc2ccc(OC(F)(F)F)cc2)cc1. The van der Waals surface area contributed by atoms with Crippen LogP contribution in [0.2, 0.25) is 0 Å². The van der Waals surface area contributed by atoms with Crippen LogP contribution in [0.3, 0.4) is 0 Å². The van der Waals surface area contributed by atoms with Gasteiger partial charge in [0.15, 0.2) is 0 Å². The lowest BCUT2D eigenvalue weighted by atomic mass is 10.1. The van der Waals surface area contributed by atoms with Gasteiger partial charge in [-0.05, 0) is 71.8 Å². The van der Waals surface area contributed by atoms with Crippen LogP contribution in [0.1, 0.15) is 21.5 Å². The summed E-state index contributed by atoms with van der Waals surface area (Å²) in [5.74, 6) is 0.0545. The van der Waals surface area contributed by atoms with E-state index in [2.05, 4.69) is 25.3 Å². The third kappa shape index (κ3) is 6.06. The van der Waals surface area contributed by atoms with Crippen molar-refractivity contribution in [2.75, 3.05) is 0 Å². The fourth-order valence-corrected chi connectivity index (χ4v) is 3.68. The number of benzene rings is 3. The average molecular weight is 519 g/mol. The van der Waals surface area contributed by atoms with Crippen LogP contribution in [0, 0.1) is 0 Å². The molecule has 0 unspecified atom stereocenters. The van der Waals surface area contributed by atoms with E-state index in [1.165, 1.54) is 24.3 Å². The molecule has 0 spiro atoms. The molecule has 11 heteroatoms. The van der Waals surface area contributed by atoms with Gasteiger partial charge in [-0.25, -0.2) is 4.68 Å². The number of amides is 1. The molecule has 0 aliphatic carbocycles. The summed E-state index contributed by atoms with van der Waals surface area (Å²) < 4.78 is 48.1. The third-order valence-electron chi connectivity index (χ3n) is 5.53. The summed E-state index contributed by atoms with van der Waals surface area (Å²) in [6, 6.07) is 21.5. The number of nitrogens with zero attached hydrogens (tertiary/aromatic N) is 4. The first-order chi connectivity index (χ1) is 18.3. The number of hydrogen-bond donors (Lipinski definition) is 1. The maximum absolute atomic E-state index is 12.6. The second kappa shape index (κ2) is 10.6. The molecule has 38 heavy (non-hydrogen) atoms. The van der Waals surface area contributed by atoms with Gasteiger partial charge in [-0.2, -0.15) is 0 Å². The number of fused-ring (bicyclic) bond motifs is 1. The van der Waals surface area contributed by atoms with Crippen molar-refractivity contribution in [2.45, 2.75) is 19.5 Å². The van der Waals surface area contributed by atoms with Gasteiger partial charge in [-0.1, -0.05) is 23.4 Å². The normalized spacial score (nSPS) is 11.3. The Hall–Kier alpha value is -4.93. The number of pyridine rings is 1. The zero-order valence-electron chi connectivity index (χ0n) is 19.7. The number of halogens is 3. The Morgan fingerprint density at radius 1 is 0.921 bits per heavy atom. The Balaban J connectivity index is 1.21. The van der Waals surface area contributed by atoms with Crippen molar-refractivity contribution in [2.24, 2.45) is 0 Å². The lowest BCUT2D eigenvalue weighted by Crippen LogP contribution is -2.22. The van der Waals surface area contributed by atoms with E-state index in [4.69, 9.17) is 4.74 Å². The first-order valence-corrected chi connectivity index (χ1v) is 11.4. The molecule has 0 aliphatic heterocycles. The van der Waals surface area contributed by atoms with E-state index in [0.717, 1.165) is 16.8 Å². The number of aromatic nitrogens is 4. The van der Waals surface area contributed by atoms with Crippen molar-refractivity contribution in [1.82, 2.24) is 25.3 Å². The minimum atomic E-state index is -4.73. The summed E-state index contributed by atoms with van der Waals surface area (Å²) in [5, 5.41) is 11.3. The largest absolute Gasteiger partial charge is 0.573 e. The Kier molecular flexibility index (Phi) is 6.90. The Morgan fingerprint density at radius 2 is 1.68 bits per heavy atom. The first-order valence-electron chi connectivity index (χ1n) is 11.4. The number of alkyl halides is 3. The summed E-state index contributed by atoms with van der Waals surface area (Å²) >= 11 is 0. The van der Waals surface area contributed by atoms with Gasteiger partial charge >= 0.3 is 6.36 Å². The minimum Gasteiger partial charge on any atom is -0.489 e. The highest BCUT2D eigenvalue weighted by atomic mass is 19.4. The lowest BCUT2D eigenvalue weighted by Gasteiger charge is -2.10. The molecule has 2 heterocycles. The maximum atomic E-state index is 12.6. The second-order valence-corrected chi connectivity index (χ2v) is 8.22. The summed E-state index contributed by atoms with van der Waals surface area (Å²) in [6.07, 6.45) is -1.36. The minimum absolute atomic E-state index is 0.170. The topological polar surface area (TPSA) is 91.2 Å². The van der Waals surface area contributed by atoms with Gasteiger partial charge in [0.1, 0.15) is 23.6 Å². The molecule has 0 saturated heterocycles. The zero-order chi connectivity index (χ0) is 26.5. The summed E-state index contributed by atoms with van der Waals surface area (Å²) in [4.78, 5) is 16.6. The molecule has 1 N–H and O–H groups in total. The highest BCUT2D eigenvalue weighted by molar-refractivity contribution is 5.97. The van der Waals surface area contributed by atoms with E-state index in [1.54, 1.807) is 59.5 Å². The second-order valence-electron chi connectivity index (χ2n) is 8.22. The van der Waals surface area contributed by atoms with E-state index in [9.17, 15) is 18.0 Å². The smallest absolute Gasteiger partial charge is 0.489 e. The van der Waals surface area contributed by atoms with Crippen LogP contribution >= 0.6 is 0 Å². The van der Waals surface area contributed by atoms with Gasteiger partial charge in [0.25, 0.3) is 5.91 Å². The van der Waals surface area contributed by atoms with Gasteiger partial charge in [0, 0.05) is 24.5 Å². The molecule has 5 rings (SSSR count). The van der Waals surface area contributed by atoms with E-state index < -0.39 is 6.36 Å². The summed E-state index contributed by atoms with van der Waals surface area (Å²) in [5.41, 5.74) is 4.08. The predicted octanol–water partition coefficient (Wildman–Crippen LogP) is 5.22. The molecule has 8 nitrogen and oxygen atoms in total. The van der Waals surface area contributed by atoms with Crippen molar-refractivity contribution in [3.05, 3.63) is 108 Å². The molecule has 0 aliphatic rings. The molecule has 0 bridgehead atoms. The van der Waals surface area contributed by atoms with Crippen molar-refractivity contribution >= 4 is 16.9 Å². The zero-order valence-corrected chi connectivity index (χ0v) is 19.7. The number of nitrogens with one attached hydrogen (secondary N) is 1. The summed E-state index contributed by atoms with van der Waals surface area (Å²) in [7, 11) is 0. The Morgan fingerprint density at radius 3 is 2.39 bits per heavy atom. The quantitative estimate of drug-likeness (QED) is 0.302. The van der Waals surface area contributed by atoms with Crippen LogP contribution in [0.15, 0.2) is 91.3 Å². The molecule has 2 aromatic heterocycles. The van der Waals surface area contributed by atoms with Crippen LogP contribution in [0.4, 0.5) is 13.2 Å². The van der Waals surface area contributed by atoms with Gasteiger partial charge in [0.2, 0.25) is 0 Å². The molecule has 192 valence electrons. The van der Waals surface area contributed by atoms with E-state index >= 15 is 0 Å². The fraction of sp³-hybridized carbons (Fsp3) is 0.111. The van der Waals surface area contributed by atoms with Gasteiger partial charge < -0.3 is 14.8 Å². The molecular weight excluding hydrogens is 499 g/mol. The van der Waals surface area contributed by atoms with Crippen molar-refractivity contribution in [1.29, 1.82) is 0 Å². The molecular formula is C27H20F3N5O3. The Labute approximate surface area is 214 Å². The molecule has 0 atom stereocenters. The van der Waals surface area contributed by atoms with Crippen molar-refractivity contribution < 1.29 is 27.4 Å². The van der Waals surface area contributed by atoms with Crippen LogP contribution in [-0.2, 0) is 13.2 Å². The molecule has 3 aromatic carbocycles. The van der Waals surface area contributed by atoms with Crippen LogP contribution in [-0.4, -0.2) is 32.2 Å². The van der Waals surface area contributed by atoms with Crippen molar-refractivity contribution in [3.63, 3.8) is 0 Å². The van der Waals surface area contributed by atoms with Crippen molar-refractivity contribution in [3.8, 4) is 17.2 Å². The molecule has 0 fully saturated rings. The highest BCUT2D eigenvalue weighted by Gasteiger charge is 2.30. The standard InChI is InChI=1S/C27H20F3N5O3/c28-27(29,30)38-23-8-3-18(4-9-23)17-37-22-10-6-21(7-11-22)35-25-12-5-20(14-24(25)33-34-35)26(36)32-16-19-2-1-13-31-15-19/h1-15H,16-17H2,(H,32,36). The summed E-state index contributed by atoms with van der Waals surface area (Å²) in [6.45, 7) is 0.535. The first kappa shape index (κ1) is 24.8. The van der Waals surface area contributed by atoms with Gasteiger partial charge in [0.05, 0.1) is 11.2 Å². The molecule has 0 saturated carbocycles. The number of ether oxygens (including phenoxy) is 2. The number of rotatable bonds is 8.